The lowest BCUT2D eigenvalue weighted by Crippen LogP contribution is -2.07. The molecular weight excluding hydrogens is 300 g/mol. The van der Waals surface area contributed by atoms with Crippen molar-refractivity contribution in [2.24, 2.45) is 0 Å². The average molecular weight is 335 g/mol. The first-order valence-electron chi connectivity index (χ1n) is 9.61. The second-order valence-electron chi connectivity index (χ2n) is 6.58. The smallest absolute Gasteiger partial charge is 0.341 e. The van der Waals surface area contributed by atoms with Crippen LogP contribution in [0.3, 0.4) is 0 Å². The topological polar surface area (TPSA) is 46.5 Å². The van der Waals surface area contributed by atoms with E-state index >= 15 is 0 Å². The van der Waals surface area contributed by atoms with E-state index in [0.717, 1.165) is 25.7 Å². The van der Waals surface area contributed by atoms with E-state index < -0.39 is 12.1 Å². The van der Waals surface area contributed by atoms with Crippen LogP contribution in [0.5, 0.6) is 0 Å². The maximum Gasteiger partial charge on any atom is 0.341 e. The van der Waals surface area contributed by atoms with Gasteiger partial charge in [-0.15, -0.1) is 0 Å². The van der Waals surface area contributed by atoms with Crippen molar-refractivity contribution in [2.75, 3.05) is 0 Å². The number of esters is 1. The van der Waals surface area contributed by atoms with E-state index in [-0.39, 0.29) is 5.76 Å². The number of aliphatic hydroxyl groups is 1. The first-order valence-corrected chi connectivity index (χ1v) is 9.61. The molecule has 1 aliphatic heterocycles. The van der Waals surface area contributed by atoms with Crippen molar-refractivity contribution in [1.82, 2.24) is 0 Å². The fourth-order valence-electron chi connectivity index (χ4n) is 2.83. The van der Waals surface area contributed by atoms with Gasteiger partial charge in [0.1, 0.15) is 11.9 Å². The van der Waals surface area contributed by atoms with Crippen LogP contribution in [0.15, 0.2) is 36.1 Å². The Morgan fingerprint density at radius 3 is 2.08 bits per heavy atom. The molecule has 1 saturated heterocycles. The molecule has 3 nitrogen and oxygen atoms in total. The molecule has 0 saturated carbocycles. The molecule has 1 heterocycles. The minimum absolute atomic E-state index is 0.141. The molecule has 0 aromatic heterocycles. The Hall–Kier alpha value is -1.35. The molecule has 0 spiro atoms. The van der Waals surface area contributed by atoms with E-state index in [4.69, 9.17) is 4.74 Å². The normalized spacial score (nSPS) is 19.6. The fraction of sp³-hybridized carbons (Fsp3) is 0.667. The van der Waals surface area contributed by atoms with Crippen molar-refractivity contribution < 1.29 is 14.6 Å². The van der Waals surface area contributed by atoms with Gasteiger partial charge < -0.3 is 9.84 Å². The standard InChI is InChI=1S/C21H34O3/c1-3-4-5-6-7-8-9-10-11-12-13-14-15-16-17-19-20(22)18(2)24-21(19)23/h10-11,17,20,22H,2-9,12-16H2,1H3/b11-10-,19-17-/t20-/m1/s1. The summed E-state index contributed by atoms with van der Waals surface area (Å²) in [5.41, 5.74) is 0.346. The second kappa shape index (κ2) is 13.0. The third kappa shape index (κ3) is 8.49. The highest BCUT2D eigenvalue weighted by molar-refractivity contribution is 5.93. The predicted octanol–water partition coefficient (Wildman–Crippen LogP) is 5.60. The molecule has 0 radical (unpaired) electrons. The van der Waals surface area contributed by atoms with Crippen molar-refractivity contribution in [3.05, 3.63) is 36.1 Å². The number of hydrogen-bond acceptors (Lipinski definition) is 3. The van der Waals surface area contributed by atoms with Crippen molar-refractivity contribution in [2.45, 2.75) is 90.1 Å². The lowest BCUT2D eigenvalue weighted by Gasteiger charge is -2.00. The molecule has 136 valence electrons. The number of aliphatic hydroxyl groups excluding tert-OH is 1. The Morgan fingerprint density at radius 2 is 1.50 bits per heavy atom. The summed E-state index contributed by atoms with van der Waals surface area (Å²) >= 11 is 0. The zero-order valence-corrected chi connectivity index (χ0v) is 15.3. The second-order valence-corrected chi connectivity index (χ2v) is 6.58. The van der Waals surface area contributed by atoms with E-state index in [2.05, 4.69) is 25.7 Å². The van der Waals surface area contributed by atoms with Gasteiger partial charge in [0, 0.05) is 0 Å². The number of unbranched alkanes of at least 4 members (excludes halogenated alkanes) is 10. The van der Waals surface area contributed by atoms with Crippen LogP contribution in [0.1, 0.15) is 84.0 Å². The van der Waals surface area contributed by atoms with Gasteiger partial charge in [-0.3, -0.25) is 0 Å². The van der Waals surface area contributed by atoms with Crippen LogP contribution in [0.25, 0.3) is 0 Å². The van der Waals surface area contributed by atoms with E-state index in [1.165, 1.54) is 51.4 Å². The summed E-state index contributed by atoms with van der Waals surface area (Å²) < 4.78 is 4.79. The van der Waals surface area contributed by atoms with Crippen LogP contribution in [0.2, 0.25) is 0 Å². The number of hydrogen-bond donors (Lipinski definition) is 1. The first kappa shape index (κ1) is 20.7. The Bertz CT molecular complexity index is 434. The highest BCUT2D eigenvalue weighted by Gasteiger charge is 2.32. The third-order valence-electron chi connectivity index (χ3n) is 4.39. The van der Waals surface area contributed by atoms with E-state index in [9.17, 15) is 9.90 Å². The van der Waals surface area contributed by atoms with E-state index in [1.54, 1.807) is 6.08 Å². The summed E-state index contributed by atoms with van der Waals surface area (Å²) in [5.74, 6) is -0.313. The van der Waals surface area contributed by atoms with Crippen molar-refractivity contribution in [3.63, 3.8) is 0 Å². The Kier molecular flexibility index (Phi) is 11.2. The number of carbonyl (C=O) groups excluding carboxylic acids is 1. The maximum absolute atomic E-state index is 11.4. The predicted molar refractivity (Wildman–Crippen MR) is 99.5 cm³/mol. The molecule has 1 rings (SSSR count). The van der Waals surface area contributed by atoms with Crippen LogP contribution < -0.4 is 0 Å². The molecule has 0 bridgehead atoms. The Labute approximate surface area is 147 Å². The minimum Gasteiger partial charge on any atom is -0.425 e. The molecule has 0 aromatic carbocycles. The number of ether oxygens (including phenoxy) is 1. The Morgan fingerprint density at radius 1 is 0.958 bits per heavy atom. The average Bonchev–Trinajstić information content (AvgIpc) is 2.81. The number of cyclic esters (lactones) is 1. The number of allylic oxidation sites excluding steroid dienone is 3. The van der Waals surface area contributed by atoms with Crippen LogP contribution in [-0.2, 0) is 9.53 Å². The van der Waals surface area contributed by atoms with Crippen molar-refractivity contribution in [3.8, 4) is 0 Å². The Balaban J connectivity index is 1.94. The monoisotopic (exact) mass is 334 g/mol. The molecule has 1 aliphatic rings. The van der Waals surface area contributed by atoms with Gasteiger partial charge >= 0.3 is 5.97 Å². The van der Waals surface area contributed by atoms with Gasteiger partial charge in [-0.2, -0.15) is 0 Å². The molecule has 1 atom stereocenters. The summed E-state index contributed by atoms with van der Waals surface area (Å²) in [4.78, 5) is 11.4. The van der Waals surface area contributed by atoms with E-state index in [0.29, 0.717) is 5.57 Å². The largest absolute Gasteiger partial charge is 0.425 e. The molecule has 0 aromatic rings. The number of rotatable bonds is 13. The molecule has 0 amide bonds. The van der Waals surface area contributed by atoms with Gasteiger partial charge in [-0.1, -0.05) is 70.3 Å². The SMILES string of the molecule is C=C1OC(=O)/C(=C\CCCCC/C=C\CCCCCCCC)[C@@H]1O. The van der Waals surface area contributed by atoms with E-state index in [1.807, 2.05) is 0 Å². The zero-order valence-electron chi connectivity index (χ0n) is 15.3. The molecule has 1 fully saturated rings. The van der Waals surface area contributed by atoms with Gasteiger partial charge in [0.2, 0.25) is 0 Å². The summed E-state index contributed by atoms with van der Waals surface area (Å²) in [6, 6.07) is 0. The van der Waals surface area contributed by atoms with Gasteiger partial charge in [0.05, 0.1) is 5.57 Å². The quantitative estimate of drug-likeness (QED) is 0.206. The third-order valence-corrected chi connectivity index (χ3v) is 4.39. The molecule has 0 unspecified atom stereocenters. The van der Waals surface area contributed by atoms with Crippen molar-refractivity contribution >= 4 is 5.97 Å². The lowest BCUT2D eigenvalue weighted by atomic mass is 10.1. The van der Waals surface area contributed by atoms with Crippen LogP contribution in [-0.4, -0.2) is 17.2 Å². The summed E-state index contributed by atoms with van der Waals surface area (Å²) in [6.07, 6.45) is 20.1. The summed E-state index contributed by atoms with van der Waals surface area (Å²) in [6.45, 7) is 5.76. The highest BCUT2D eigenvalue weighted by atomic mass is 16.6. The van der Waals surface area contributed by atoms with Gasteiger partial charge in [0.15, 0.2) is 0 Å². The van der Waals surface area contributed by atoms with Crippen LogP contribution in [0, 0.1) is 0 Å². The molecular formula is C21H34O3. The molecule has 1 N–H and O–H groups in total. The summed E-state index contributed by atoms with van der Waals surface area (Å²) in [5, 5.41) is 9.71. The summed E-state index contributed by atoms with van der Waals surface area (Å²) in [7, 11) is 0. The zero-order chi connectivity index (χ0) is 17.6. The first-order chi connectivity index (χ1) is 11.7. The lowest BCUT2D eigenvalue weighted by molar-refractivity contribution is -0.132. The fourth-order valence-corrected chi connectivity index (χ4v) is 2.83. The van der Waals surface area contributed by atoms with Crippen LogP contribution >= 0.6 is 0 Å². The number of carbonyl (C=O) groups is 1. The molecule has 24 heavy (non-hydrogen) atoms. The molecule has 3 heteroatoms. The van der Waals surface area contributed by atoms with Crippen LogP contribution in [0.4, 0.5) is 0 Å². The highest BCUT2D eigenvalue weighted by Crippen LogP contribution is 2.23. The minimum atomic E-state index is -0.942. The maximum atomic E-state index is 11.4. The van der Waals surface area contributed by atoms with Gasteiger partial charge in [-0.05, 0) is 38.5 Å². The van der Waals surface area contributed by atoms with Gasteiger partial charge in [0.25, 0.3) is 0 Å². The van der Waals surface area contributed by atoms with Crippen molar-refractivity contribution in [1.29, 1.82) is 0 Å². The molecule has 0 aliphatic carbocycles. The van der Waals surface area contributed by atoms with Gasteiger partial charge in [-0.25, -0.2) is 4.79 Å².